The predicted octanol–water partition coefficient (Wildman–Crippen LogP) is 4.11. The summed E-state index contributed by atoms with van der Waals surface area (Å²) in [4.78, 5) is 11.3. The van der Waals surface area contributed by atoms with Crippen molar-refractivity contribution in [3.63, 3.8) is 0 Å². The molecule has 0 saturated heterocycles. The van der Waals surface area contributed by atoms with Crippen LogP contribution in [0.2, 0.25) is 0 Å². The van der Waals surface area contributed by atoms with Gasteiger partial charge in [-0.25, -0.2) is 0 Å². The van der Waals surface area contributed by atoms with Crippen LogP contribution in [-0.4, -0.2) is 44.7 Å². The van der Waals surface area contributed by atoms with E-state index in [1.54, 1.807) is 6.92 Å². The molecule has 0 spiro atoms. The summed E-state index contributed by atoms with van der Waals surface area (Å²) in [6.45, 7) is 8.28. The van der Waals surface area contributed by atoms with Gasteiger partial charge in [0.2, 0.25) is 0 Å². The summed E-state index contributed by atoms with van der Waals surface area (Å²) in [5, 5.41) is 42.1. The number of aliphatic carboxylic acids is 1. The molecule has 0 aliphatic heterocycles. The number of hydrogen-bond acceptors (Lipinski definition) is 4. The van der Waals surface area contributed by atoms with E-state index in [9.17, 15) is 25.2 Å². The molecule has 0 amide bonds. The highest BCUT2D eigenvalue weighted by Gasteiger charge is 2.61. The molecule has 4 fully saturated rings. The van der Waals surface area contributed by atoms with Crippen molar-refractivity contribution in [1.82, 2.24) is 0 Å². The van der Waals surface area contributed by atoms with Gasteiger partial charge in [0.25, 0.3) is 0 Å². The number of aliphatic hydroxyl groups is 3. The van der Waals surface area contributed by atoms with Crippen LogP contribution in [0.1, 0.15) is 72.6 Å². The molecule has 5 nitrogen and oxygen atoms in total. The summed E-state index contributed by atoms with van der Waals surface area (Å²) in [5.41, 5.74) is 0.112. The molecule has 4 saturated carbocycles. The molecule has 0 radical (unpaired) electrons. The highest BCUT2D eigenvalue weighted by Crippen LogP contribution is 2.64. The number of fused-ring (bicyclic) bond motifs is 5. The Morgan fingerprint density at radius 1 is 0.938 bits per heavy atom. The van der Waals surface area contributed by atoms with Gasteiger partial charge in [-0.1, -0.05) is 39.8 Å². The number of allylic oxidation sites excluding steroid dienone is 2. The highest BCUT2D eigenvalue weighted by molar-refractivity contribution is 5.70. The first-order valence-electron chi connectivity index (χ1n) is 13.0. The van der Waals surface area contributed by atoms with Gasteiger partial charge in [0.15, 0.2) is 0 Å². The summed E-state index contributed by atoms with van der Waals surface area (Å²) in [6, 6.07) is 0. The molecule has 5 heteroatoms. The van der Waals surface area contributed by atoms with Crippen LogP contribution in [0.3, 0.4) is 0 Å². The van der Waals surface area contributed by atoms with Crippen LogP contribution >= 0.6 is 0 Å². The minimum atomic E-state index is -0.766. The maximum absolute atomic E-state index is 11.4. The zero-order chi connectivity index (χ0) is 23.4. The van der Waals surface area contributed by atoms with Gasteiger partial charge in [-0.15, -0.1) is 0 Å². The van der Waals surface area contributed by atoms with Gasteiger partial charge in [0.1, 0.15) is 0 Å². The molecule has 0 heterocycles. The highest BCUT2D eigenvalue weighted by atomic mass is 16.4. The first-order chi connectivity index (χ1) is 15.0. The standard InChI is InChI=1S/C27H44O5/c1-14(16(3)26(31)32)5-6-15(2)19-7-8-20-24(19)23(30)13-21-25(20)22(29)12-17-11-18(28)9-10-27(17,21)4/h5-6,14-25,28-30H,7-13H2,1-4H3,(H,31,32)/b6-5+/t14-,15-,16+,17-,18+,19+,20-,21-,22+,23-,24+,25-,27+/m0/s1. The molecular weight excluding hydrogens is 404 g/mol. The Morgan fingerprint density at radius 3 is 2.31 bits per heavy atom. The van der Waals surface area contributed by atoms with E-state index < -0.39 is 11.9 Å². The Balaban J connectivity index is 1.51. The van der Waals surface area contributed by atoms with Crippen molar-refractivity contribution in [2.45, 2.75) is 91.0 Å². The van der Waals surface area contributed by atoms with Crippen molar-refractivity contribution in [3.8, 4) is 0 Å². The van der Waals surface area contributed by atoms with Gasteiger partial charge in [-0.3, -0.25) is 4.79 Å². The van der Waals surface area contributed by atoms with Crippen LogP contribution < -0.4 is 0 Å². The Labute approximate surface area is 193 Å². The lowest BCUT2D eigenvalue weighted by atomic mass is 9.45. The fraction of sp³-hybridized carbons (Fsp3) is 0.889. The molecule has 0 aromatic rings. The molecule has 0 aromatic heterocycles. The molecule has 4 aliphatic rings. The minimum absolute atomic E-state index is 0.0217. The lowest BCUT2D eigenvalue weighted by Crippen LogP contribution is -2.59. The summed E-state index contributed by atoms with van der Waals surface area (Å²) >= 11 is 0. The summed E-state index contributed by atoms with van der Waals surface area (Å²) in [6.07, 6.45) is 9.63. The van der Waals surface area contributed by atoms with E-state index >= 15 is 0 Å². The van der Waals surface area contributed by atoms with E-state index in [1.165, 1.54) is 0 Å². The van der Waals surface area contributed by atoms with Gasteiger partial charge in [0, 0.05) is 0 Å². The van der Waals surface area contributed by atoms with Gasteiger partial charge < -0.3 is 20.4 Å². The topological polar surface area (TPSA) is 98.0 Å². The van der Waals surface area contributed by atoms with Crippen LogP contribution in [0.4, 0.5) is 0 Å². The Hall–Kier alpha value is -0.910. The van der Waals surface area contributed by atoms with Crippen LogP contribution in [0.25, 0.3) is 0 Å². The van der Waals surface area contributed by atoms with Crippen molar-refractivity contribution in [2.24, 2.45) is 58.7 Å². The fourth-order valence-corrected chi connectivity index (χ4v) is 8.44. The molecular formula is C27H44O5. The largest absolute Gasteiger partial charge is 0.481 e. The second-order valence-electron chi connectivity index (χ2n) is 12.1. The molecule has 4 aliphatic carbocycles. The van der Waals surface area contributed by atoms with Crippen LogP contribution in [0.15, 0.2) is 12.2 Å². The fourth-order valence-electron chi connectivity index (χ4n) is 8.44. The average molecular weight is 449 g/mol. The van der Waals surface area contributed by atoms with E-state index in [4.69, 9.17) is 0 Å². The zero-order valence-electron chi connectivity index (χ0n) is 20.2. The second-order valence-corrected chi connectivity index (χ2v) is 12.1. The molecule has 182 valence electrons. The normalized spacial score (nSPS) is 49.0. The third-order valence-corrected chi connectivity index (χ3v) is 10.6. The van der Waals surface area contributed by atoms with E-state index in [-0.39, 0.29) is 47.4 Å². The summed E-state index contributed by atoms with van der Waals surface area (Å²) in [5.74, 6) is 0.988. The minimum Gasteiger partial charge on any atom is -0.481 e. The first-order valence-corrected chi connectivity index (χ1v) is 13.0. The van der Waals surface area contributed by atoms with Crippen molar-refractivity contribution >= 4 is 5.97 Å². The van der Waals surface area contributed by atoms with E-state index in [1.807, 2.05) is 13.0 Å². The molecule has 0 bridgehead atoms. The maximum atomic E-state index is 11.4. The van der Waals surface area contributed by atoms with E-state index in [2.05, 4.69) is 19.9 Å². The van der Waals surface area contributed by atoms with Crippen LogP contribution in [0.5, 0.6) is 0 Å². The number of aliphatic hydroxyl groups excluding tert-OH is 3. The summed E-state index contributed by atoms with van der Waals surface area (Å²) in [7, 11) is 0. The summed E-state index contributed by atoms with van der Waals surface area (Å²) < 4.78 is 0. The average Bonchev–Trinajstić information content (AvgIpc) is 3.18. The van der Waals surface area contributed by atoms with Crippen LogP contribution in [-0.2, 0) is 4.79 Å². The third-order valence-electron chi connectivity index (χ3n) is 10.6. The SMILES string of the molecule is C[C@@H](/C=C/[C@H](C)[C@@H](C)C(=O)O)[C@H]1CC[C@H]2[C@@H]1[C@@H](O)C[C@H]1[C@H]2[C@H](O)C[C@@H]2C[C@H](O)CC[C@]21C. The van der Waals surface area contributed by atoms with Gasteiger partial charge >= 0.3 is 5.97 Å². The number of carbonyl (C=O) groups is 1. The van der Waals surface area contributed by atoms with E-state index in [0.29, 0.717) is 23.7 Å². The lowest BCUT2D eigenvalue weighted by Gasteiger charge is -2.61. The Kier molecular flexibility index (Phi) is 6.84. The number of rotatable bonds is 5. The Bertz CT molecular complexity index is 721. The molecule has 4 rings (SSSR count). The number of carboxylic acids is 1. The quantitative estimate of drug-likeness (QED) is 0.475. The van der Waals surface area contributed by atoms with Crippen molar-refractivity contribution in [2.75, 3.05) is 0 Å². The van der Waals surface area contributed by atoms with Gasteiger partial charge in [-0.05, 0) is 97.7 Å². The van der Waals surface area contributed by atoms with Crippen molar-refractivity contribution in [1.29, 1.82) is 0 Å². The Morgan fingerprint density at radius 2 is 1.62 bits per heavy atom. The molecule has 0 unspecified atom stereocenters. The zero-order valence-corrected chi connectivity index (χ0v) is 20.2. The number of carboxylic acid groups (broad SMARTS) is 1. The lowest BCUT2D eigenvalue weighted by molar-refractivity contribution is -0.181. The first kappa shape index (κ1) is 24.2. The van der Waals surface area contributed by atoms with Crippen LogP contribution in [0, 0.1) is 58.7 Å². The van der Waals surface area contributed by atoms with E-state index in [0.717, 1.165) is 44.9 Å². The van der Waals surface area contributed by atoms with Gasteiger partial charge in [-0.2, -0.15) is 0 Å². The monoisotopic (exact) mass is 448 g/mol. The molecule has 4 N–H and O–H groups in total. The maximum Gasteiger partial charge on any atom is 0.306 e. The molecule has 0 aromatic carbocycles. The third kappa shape index (κ3) is 4.07. The number of hydrogen-bond donors (Lipinski definition) is 4. The van der Waals surface area contributed by atoms with Crippen molar-refractivity contribution in [3.05, 3.63) is 12.2 Å². The van der Waals surface area contributed by atoms with Gasteiger partial charge in [0.05, 0.1) is 24.2 Å². The molecule has 13 atom stereocenters. The van der Waals surface area contributed by atoms with Crippen molar-refractivity contribution < 1.29 is 25.2 Å². The predicted molar refractivity (Wildman–Crippen MR) is 124 cm³/mol. The second kappa shape index (κ2) is 9.03. The molecule has 32 heavy (non-hydrogen) atoms. The smallest absolute Gasteiger partial charge is 0.306 e.